The first-order chi connectivity index (χ1) is 11.2. The molecule has 0 aliphatic rings. The number of hydrogen-bond acceptors (Lipinski definition) is 5. The van der Waals surface area contributed by atoms with Crippen LogP contribution in [0.5, 0.6) is 17.2 Å². The van der Waals surface area contributed by atoms with Gasteiger partial charge in [0.25, 0.3) is 5.91 Å². The van der Waals surface area contributed by atoms with E-state index in [-0.39, 0.29) is 11.6 Å². The van der Waals surface area contributed by atoms with Crippen LogP contribution in [0.1, 0.15) is 5.56 Å². The van der Waals surface area contributed by atoms with Crippen LogP contribution in [0.25, 0.3) is 0 Å². The Morgan fingerprint density at radius 3 is 2.26 bits per heavy atom. The summed E-state index contributed by atoms with van der Waals surface area (Å²) < 4.78 is 11.0. The average molecular weight is 314 g/mol. The molecule has 0 radical (unpaired) electrons. The summed E-state index contributed by atoms with van der Waals surface area (Å²) in [6.07, 6.45) is 0. The highest BCUT2D eigenvalue weighted by atomic mass is 16.6. The lowest BCUT2D eigenvalue weighted by Gasteiger charge is -2.12. The van der Waals surface area contributed by atoms with Gasteiger partial charge in [-0.2, -0.15) is 0 Å². The number of amides is 1. The van der Waals surface area contributed by atoms with E-state index in [2.05, 4.69) is 10.5 Å². The topological polar surface area (TPSA) is 69.2 Å². The van der Waals surface area contributed by atoms with E-state index in [1.807, 2.05) is 6.07 Å². The van der Waals surface area contributed by atoms with Crippen molar-refractivity contribution in [3.05, 3.63) is 54.1 Å². The summed E-state index contributed by atoms with van der Waals surface area (Å²) in [4.78, 5) is 16.8. The van der Waals surface area contributed by atoms with Gasteiger partial charge in [-0.3, -0.25) is 4.79 Å². The molecule has 2 aromatic rings. The summed E-state index contributed by atoms with van der Waals surface area (Å²) in [6.45, 7) is 0. The second kappa shape index (κ2) is 7.84. The van der Waals surface area contributed by atoms with Gasteiger partial charge in [-0.05, 0) is 36.4 Å². The number of methoxy groups -OCH3 is 1. The van der Waals surface area contributed by atoms with Gasteiger partial charge in [0.15, 0.2) is 5.71 Å². The highest BCUT2D eigenvalue weighted by molar-refractivity contribution is 6.45. The zero-order chi connectivity index (χ0) is 16.7. The minimum atomic E-state index is -0.363. The zero-order valence-electron chi connectivity index (χ0n) is 13.2. The first-order valence-corrected chi connectivity index (χ1v) is 6.94. The van der Waals surface area contributed by atoms with Gasteiger partial charge in [0.1, 0.15) is 24.4 Å². The third kappa shape index (κ3) is 4.00. The molecule has 6 nitrogen and oxygen atoms in total. The molecule has 0 saturated heterocycles. The molecule has 0 fully saturated rings. The molecular formula is C17H18N2O4. The molecule has 6 heteroatoms. The number of hydrogen-bond donors (Lipinski definition) is 1. The molecule has 1 amide bonds. The van der Waals surface area contributed by atoms with Crippen molar-refractivity contribution in [2.75, 3.05) is 21.3 Å². The van der Waals surface area contributed by atoms with E-state index in [9.17, 15) is 4.79 Å². The van der Waals surface area contributed by atoms with E-state index in [1.165, 1.54) is 14.2 Å². The minimum Gasteiger partial charge on any atom is -0.497 e. The second-order valence-electron chi connectivity index (χ2n) is 4.48. The number of carbonyl (C=O) groups is 1. The molecule has 0 bridgehead atoms. The first kappa shape index (κ1) is 16.4. The van der Waals surface area contributed by atoms with Crippen molar-refractivity contribution in [1.82, 2.24) is 5.32 Å². The van der Waals surface area contributed by atoms with Gasteiger partial charge >= 0.3 is 0 Å². The van der Waals surface area contributed by atoms with E-state index in [4.69, 9.17) is 14.3 Å². The maximum atomic E-state index is 12.0. The van der Waals surface area contributed by atoms with Crippen molar-refractivity contribution >= 4 is 11.6 Å². The number of oxime groups is 1. The van der Waals surface area contributed by atoms with Crippen LogP contribution in [0.3, 0.4) is 0 Å². The molecule has 0 saturated carbocycles. The lowest BCUT2D eigenvalue weighted by molar-refractivity contribution is -0.114. The maximum absolute atomic E-state index is 12.0. The van der Waals surface area contributed by atoms with Crippen molar-refractivity contribution in [3.63, 3.8) is 0 Å². The van der Waals surface area contributed by atoms with E-state index in [0.29, 0.717) is 17.1 Å². The number of ether oxygens (including phenoxy) is 2. The normalized spacial score (nSPS) is 10.8. The second-order valence-corrected chi connectivity index (χ2v) is 4.48. The van der Waals surface area contributed by atoms with Gasteiger partial charge in [-0.1, -0.05) is 17.3 Å². The van der Waals surface area contributed by atoms with Crippen molar-refractivity contribution < 1.29 is 19.1 Å². The molecule has 0 heterocycles. The minimum absolute atomic E-state index is 0.138. The van der Waals surface area contributed by atoms with E-state index in [0.717, 1.165) is 5.75 Å². The summed E-state index contributed by atoms with van der Waals surface area (Å²) >= 11 is 0. The lowest BCUT2D eigenvalue weighted by Crippen LogP contribution is -2.28. The quantitative estimate of drug-likeness (QED) is 0.657. The molecule has 0 atom stereocenters. The van der Waals surface area contributed by atoms with Crippen LogP contribution in [-0.2, 0) is 9.63 Å². The van der Waals surface area contributed by atoms with Crippen molar-refractivity contribution in [3.8, 4) is 17.2 Å². The van der Waals surface area contributed by atoms with Crippen LogP contribution in [0, 0.1) is 0 Å². The average Bonchev–Trinajstić information content (AvgIpc) is 2.60. The van der Waals surface area contributed by atoms with Crippen LogP contribution in [0.15, 0.2) is 53.7 Å². The Hall–Kier alpha value is -3.02. The largest absolute Gasteiger partial charge is 0.497 e. The Morgan fingerprint density at radius 1 is 1.00 bits per heavy atom. The molecular weight excluding hydrogens is 296 g/mol. The van der Waals surface area contributed by atoms with Crippen LogP contribution in [-0.4, -0.2) is 32.9 Å². The predicted octanol–water partition coefficient (Wildman–Crippen LogP) is 2.58. The fourth-order valence-electron chi connectivity index (χ4n) is 1.94. The Labute approximate surface area is 134 Å². The molecule has 2 aromatic carbocycles. The van der Waals surface area contributed by atoms with E-state index >= 15 is 0 Å². The Morgan fingerprint density at radius 2 is 1.65 bits per heavy atom. The molecule has 2 rings (SSSR count). The Balaban J connectivity index is 2.35. The molecule has 23 heavy (non-hydrogen) atoms. The molecule has 0 unspecified atom stereocenters. The fraction of sp³-hybridized carbons (Fsp3) is 0.176. The highest BCUT2D eigenvalue weighted by Gasteiger charge is 2.18. The summed E-state index contributed by atoms with van der Waals surface area (Å²) in [6, 6.07) is 14.3. The summed E-state index contributed by atoms with van der Waals surface area (Å²) in [5.74, 6) is 1.49. The number of likely N-dealkylation sites (N-methyl/N-ethyl adjacent to an activating group) is 1. The molecule has 0 aliphatic carbocycles. The summed E-state index contributed by atoms with van der Waals surface area (Å²) in [7, 11) is 4.51. The number of para-hydroxylation sites is 1. The third-order valence-corrected chi connectivity index (χ3v) is 3.05. The Bertz CT molecular complexity index is 696. The Kier molecular flexibility index (Phi) is 5.57. The lowest BCUT2D eigenvalue weighted by atomic mass is 10.1. The maximum Gasteiger partial charge on any atom is 0.273 e. The fourth-order valence-corrected chi connectivity index (χ4v) is 1.94. The number of rotatable bonds is 6. The standard InChI is InChI=1S/C17H18N2O4/c1-18-17(20)16(19-22-3)14-6-4-5-7-15(14)23-13-10-8-12(21-2)9-11-13/h4-11H,1-3H3,(H,18,20)/b19-16+. The van der Waals surface area contributed by atoms with E-state index in [1.54, 1.807) is 49.6 Å². The first-order valence-electron chi connectivity index (χ1n) is 6.94. The molecule has 0 aromatic heterocycles. The molecule has 0 spiro atoms. The number of benzene rings is 2. The molecule has 0 aliphatic heterocycles. The highest BCUT2D eigenvalue weighted by Crippen LogP contribution is 2.27. The van der Waals surface area contributed by atoms with Gasteiger partial charge in [0.2, 0.25) is 0 Å². The molecule has 1 N–H and O–H groups in total. The van der Waals surface area contributed by atoms with Crippen LogP contribution >= 0.6 is 0 Å². The van der Waals surface area contributed by atoms with E-state index < -0.39 is 0 Å². The monoisotopic (exact) mass is 314 g/mol. The van der Waals surface area contributed by atoms with Crippen LogP contribution in [0.4, 0.5) is 0 Å². The van der Waals surface area contributed by atoms with Gasteiger partial charge in [0.05, 0.1) is 12.7 Å². The van der Waals surface area contributed by atoms with Crippen molar-refractivity contribution in [1.29, 1.82) is 0 Å². The SMILES string of the molecule is CNC(=O)/C(=N/OC)c1ccccc1Oc1ccc(OC)cc1. The van der Waals surface area contributed by atoms with Gasteiger partial charge < -0.3 is 19.6 Å². The number of carbonyl (C=O) groups excluding carboxylic acids is 1. The van der Waals surface area contributed by atoms with Crippen LogP contribution in [0.2, 0.25) is 0 Å². The zero-order valence-corrected chi connectivity index (χ0v) is 13.2. The summed E-state index contributed by atoms with van der Waals surface area (Å²) in [5.41, 5.74) is 0.670. The van der Waals surface area contributed by atoms with Crippen LogP contribution < -0.4 is 14.8 Å². The predicted molar refractivity (Wildman–Crippen MR) is 87.1 cm³/mol. The van der Waals surface area contributed by atoms with Gasteiger partial charge in [0, 0.05) is 7.05 Å². The van der Waals surface area contributed by atoms with Crippen molar-refractivity contribution in [2.45, 2.75) is 0 Å². The van der Waals surface area contributed by atoms with Gasteiger partial charge in [-0.25, -0.2) is 0 Å². The summed E-state index contributed by atoms with van der Waals surface area (Å²) in [5, 5.41) is 6.33. The number of nitrogens with zero attached hydrogens (tertiary/aromatic N) is 1. The van der Waals surface area contributed by atoms with Gasteiger partial charge in [-0.15, -0.1) is 0 Å². The third-order valence-electron chi connectivity index (χ3n) is 3.05. The van der Waals surface area contributed by atoms with Crippen molar-refractivity contribution in [2.24, 2.45) is 5.16 Å². The molecule has 120 valence electrons. The number of nitrogens with one attached hydrogen (secondary N) is 1. The smallest absolute Gasteiger partial charge is 0.273 e.